The molecule has 0 radical (unpaired) electrons. The number of aromatic nitrogens is 1. The zero-order valence-corrected chi connectivity index (χ0v) is 29.7. The van der Waals surface area contributed by atoms with Crippen LogP contribution in [0.25, 0.3) is 0 Å². The summed E-state index contributed by atoms with van der Waals surface area (Å²) in [5.74, 6) is 1.14. The molecule has 2 aliphatic heterocycles. The lowest BCUT2D eigenvalue weighted by atomic mass is 10.0. The van der Waals surface area contributed by atoms with Crippen LogP contribution < -0.4 is 5.32 Å². The van der Waals surface area contributed by atoms with Gasteiger partial charge in [-0.05, 0) is 75.7 Å². The third-order valence-corrected chi connectivity index (χ3v) is 8.28. The fourth-order valence-corrected chi connectivity index (χ4v) is 5.62. The Morgan fingerprint density at radius 2 is 1.39 bits per heavy atom. The minimum absolute atomic E-state index is 1.08. The molecule has 0 amide bonds. The molecule has 0 saturated carbocycles. The average molecular weight is 606 g/mol. The first-order valence-corrected chi connectivity index (χ1v) is 18.7. The third kappa shape index (κ3) is 21.4. The number of rotatable bonds is 21. The normalized spacial score (nSPS) is 13.4. The van der Waals surface area contributed by atoms with E-state index in [1.54, 1.807) is 0 Å². The van der Waals surface area contributed by atoms with Crippen LogP contribution in [-0.2, 0) is 12.8 Å². The fourth-order valence-electron chi connectivity index (χ4n) is 5.62. The molecular formula is C41H71N3. The maximum atomic E-state index is 4.76. The monoisotopic (exact) mass is 606 g/mol. The van der Waals surface area contributed by atoms with E-state index in [0.717, 1.165) is 31.0 Å². The smallest absolute Gasteiger partial charge is 0.129 e. The largest absolute Gasteiger partial charge is 0.370 e. The Hall–Kier alpha value is -2.29. The van der Waals surface area contributed by atoms with Gasteiger partial charge in [-0.25, -0.2) is 4.98 Å². The number of nitrogens with one attached hydrogen (secondary N) is 1. The van der Waals surface area contributed by atoms with Gasteiger partial charge in [0.2, 0.25) is 0 Å². The first-order valence-electron chi connectivity index (χ1n) is 18.7. The van der Waals surface area contributed by atoms with Gasteiger partial charge in [-0.2, -0.15) is 0 Å². The maximum Gasteiger partial charge on any atom is 0.129 e. The molecule has 0 unspecified atom stereocenters. The van der Waals surface area contributed by atoms with Gasteiger partial charge in [0.05, 0.1) is 0 Å². The predicted octanol–water partition coefficient (Wildman–Crippen LogP) is 12.9. The summed E-state index contributed by atoms with van der Waals surface area (Å²) in [5, 5.41) is 3.42. The quantitative estimate of drug-likeness (QED) is 0.112. The van der Waals surface area contributed by atoms with Gasteiger partial charge in [0.25, 0.3) is 0 Å². The van der Waals surface area contributed by atoms with E-state index in [-0.39, 0.29) is 0 Å². The molecule has 3 nitrogen and oxygen atoms in total. The molecule has 0 saturated heterocycles. The van der Waals surface area contributed by atoms with Crippen molar-refractivity contribution in [3.63, 3.8) is 0 Å². The van der Waals surface area contributed by atoms with Gasteiger partial charge in [0, 0.05) is 30.7 Å². The van der Waals surface area contributed by atoms with Crippen LogP contribution in [0.2, 0.25) is 0 Å². The highest BCUT2D eigenvalue weighted by atomic mass is 15.1. The molecule has 0 atom stereocenters. The second kappa shape index (κ2) is 28.2. The van der Waals surface area contributed by atoms with E-state index in [1.807, 2.05) is 0 Å². The van der Waals surface area contributed by atoms with Gasteiger partial charge in [-0.1, -0.05) is 141 Å². The Morgan fingerprint density at radius 1 is 0.795 bits per heavy atom. The van der Waals surface area contributed by atoms with Crippen LogP contribution in [0.4, 0.5) is 5.82 Å². The van der Waals surface area contributed by atoms with Crippen LogP contribution in [0.1, 0.15) is 167 Å². The average Bonchev–Trinajstić information content (AvgIpc) is 3.02. The molecule has 3 rings (SSSR count). The molecule has 0 fully saturated rings. The molecule has 44 heavy (non-hydrogen) atoms. The molecule has 2 aliphatic rings. The van der Waals surface area contributed by atoms with Gasteiger partial charge in [0.15, 0.2) is 0 Å². The Bertz CT molecular complexity index is 912. The number of allylic oxidation sites excluding steroid dienone is 4. The van der Waals surface area contributed by atoms with Gasteiger partial charge >= 0.3 is 0 Å². The van der Waals surface area contributed by atoms with Crippen LogP contribution in [-0.4, -0.2) is 23.0 Å². The molecule has 0 aliphatic carbocycles. The highest BCUT2D eigenvalue weighted by Gasteiger charge is 2.10. The second-order valence-corrected chi connectivity index (χ2v) is 13.0. The summed E-state index contributed by atoms with van der Waals surface area (Å²) in [6.07, 6.45) is 37.8. The number of pyridine rings is 1. The molecule has 1 aromatic heterocycles. The highest BCUT2D eigenvalue weighted by molar-refractivity contribution is 5.47. The molecule has 0 spiro atoms. The van der Waals surface area contributed by atoms with Crippen molar-refractivity contribution in [2.45, 2.75) is 169 Å². The number of hydrogen-bond donors (Lipinski definition) is 1. The van der Waals surface area contributed by atoms with E-state index in [2.05, 4.69) is 87.6 Å². The first kappa shape index (κ1) is 39.7. The highest BCUT2D eigenvalue weighted by Crippen LogP contribution is 2.21. The van der Waals surface area contributed by atoms with Gasteiger partial charge < -0.3 is 10.2 Å². The number of fused-ring (bicyclic) bond motifs is 1. The zero-order chi connectivity index (χ0) is 32.1. The van der Waals surface area contributed by atoms with E-state index in [4.69, 9.17) is 4.98 Å². The van der Waals surface area contributed by atoms with Crippen molar-refractivity contribution in [2.75, 3.05) is 18.4 Å². The van der Waals surface area contributed by atoms with Crippen molar-refractivity contribution in [3.05, 3.63) is 72.2 Å². The van der Waals surface area contributed by atoms with Gasteiger partial charge in [0.1, 0.15) is 5.82 Å². The van der Waals surface area contributed by atoms with Crippen molar-refractivity contribution in [2.24, 2.45) is 0 Å². The molecule has 0 aromatic carbocycles. The standard InChI is InChI=1S/C19H30N2.C19H33N.C3H8/c1-16(2)10-7-5-3-4-6-8-12-18-14-13-17-11-9-15-20-19(17)21-18;1-3-4-5-6-7-8-9-10-11-12-14-17-20-18-15-13-16-19(20)2;1-3-2/h13-14H,1,3-12,15H2,2H3,(H,20,21);13,15-16,18H,2-12,14,17H2,1H3;3H2,1-2H3. The summed E-state index contributed by atoms with van der Waals surface area (Å²) in [6, 6.07) is 4.49. The molecule has 250 valence electrons. The van der Waals surface area contributed by atoms with Crippen LogP contribution >= 0.6 is 0 Å². The van der Waals surface area contributed by atoms with E-state index in [1.165, 1.54) is 152 Å². The second-order valence-electron chi connectivity index (χ2n) is 13.0. The summed E-state index contributed by atoms with van der Waals surface area (Å²) in [4.78, 5) is 7.02. The zero-order valence-electron chi connectivity index (χ0n) is 29.7. The molecule has 1 N–H and O–H groups in total. The molecular weight excluding hydrogens is 534 g/mol. The van der Waals surface area contributed by atoms with Crippen LogP contribution in [0, 0.1) is 0 Å². The van der Waals surface area contributed by atoms with Crippen molar-refractivity contribution in [1.82, 2.24) is 9.88 Å². The summed E-state index contributed by atoms with van der Waals surface area (Å²) in [6.45, 7) is 18.9. The SMILES string of the molecule is C=C(C)CCCCCCCCc1ccc2c(n1)NCCC2.C=C1C=CC=CN1CCCCCCCCCCCCC.CCC. The van der Waals surface area contributed by atoms with Gasteiger partial charge in [-0.3, -0.25) is 0 Å². The summed E-state index contributed by atoms with van der Waals surface area (Å²) in [5.41, 5.74) is 5.09. The van der Waals surface area contributed by atoms with E-state index < -0.39 is 0 Å². The molecule has 3 heteroatoms. The lowest BCUT2D eigenvalue weighted by Gasteiger charge is -2.22. The number of unbranched alkanes of at least 4 members (excludes halogenated alkanes) is 15. The number of aryl methyl sites for hydroxylation is 2. The van der Waals surface area contributed by atoms with E-state index >= 15 is 0 Å². The van der Waals surface area contributed by atoms with E-state index in [9.17, 15) is 0 Å². The molecule has 3 heterocycles. The topological polar surface area (TPSA) is 28.2 Å². The Morgan fingerprint density at radius 3 is 2.00 bits per heavy atom. The van der Waals surface area contributed by atoms with Crippen molar-refractivity contribution in [1.29, 1.82) is 0 Å². The minimum Gasteiger partial charge on any atom is -0.370 e. The first-order chi connectivity index (χ1) is 21.5. The fraction of sp³-hybridized carbons (Fsp3) is 0.683. The van der Waals surface area contributed by atoms with Crippen molar-refractivity contribution >= 4 is 5.82 Å². The van der Waals surface area contributed by atoms with Crippen LogP contribution in [0.3, 0.4) is 0 Å². The van der Waals surface area contributed by atoms with Crippen molar-refractivity contribution in [3.8, 4) is 0 Å². The summed E-state index contributed by atoms with van der Waals surface area (Å²) >= 11 is 0. The minimum atomic E-state index is 1.08. The van der Waals surface area contributed by atoms with Gasteiger partial charge in [-0.15, -0.1) is 6.58 Å². The van der Waals surface area contributed by atoms with Crippen molar-refractivity contribution < 1.29 is 0 Å². The summed E-state index contributed by atoms with van der Waals surface area (Å²) < 4.78 is 0. The lowest BCUT2D eigenvalue weighted by molar-refractivity contribution is 0.444. The predicted molar refractivity (Wildman–Crippen MR) is 198 cm³/mol. The maximum absolute atomic E-state index is 4.76. The molecule has 1 aromatic rings. The number of hydrogen-bond acceptors (Lipinski definition) is 3. The number of anilines is 1. The van der Waals surface area contributed by atoms with Crippen LogP contribution in [0.5, 0.6) is 0 Å². The van der Waals surface area contributed by atoms with E-state index in [0.29, 0.717) is 0 Å². The number of nitrogens with zero attached hydrogens (tertiary/aromatic N) is 2. The Balaban J connectivity index is 0.000000404. The lowest BCUT2D eigenvalue weighted by Crippen LogP contribution is -2.17. The molecule has 0 bridgehead atoms. The third-order valence-electron chi connectivity index (χ3n) is 8.28. The Labute approximate surface area is 274 Å². The summed E-state index contributed by atoms with van der Waals surface area (Å²) in [7, 11) is 0. The van der Waals surface area contributed by atoms with Crippen LogP contribution in [0.15, 0.2) is 61.0 Å². The Kier molecular flexibility index (Phi) is 25.5.